The van der Waals surface area contributed by atoms with Crippen molar-refractivity contribution in [2.24, 2.45) is 5.16 Å². The molecule has 0 spiro atoms. The SMILES string of the molecule is O=C(C[n+]1cccc(C=NO)c1)c1cccc(F)c1. The molecule has 1 aromatic heterocycles. The van der Waals surface area contributed by atoms with Crippen LogP contribution in [0.1, 0.15) is 15.9 Å². The molecule has 0 aliphatic heterocycles. The van der Waals surface area contributed by atoms with Gasteiger partial charge in [0.15, 0.2) is 12.4 Å². The fourth-order valence-corrected chi connectivity index (χ4v) is 1.70. The lowest BCUT2D eigenvalue weighted by atomic mass is 10.1. The number of Topliss-reactive ketones (excluding diaryl/α,β-unsaturated/α-hetero) is 1. The van der Waals surface area contributed by atoms with E-state index in [0.29, 0.717) is 11.1 Å². The predicted octanol–water partition coefficient (Wildman–Crippen LogP) is 1.80. The van der Waals surface area contributed by atoms with Gasteiger partial charge in [-0.1, -0.05) is 17.3 Å². The summed E-state index contributed by atoms with van der Waals surface area (Å²) in [5.41, 5.74) is 0.991. The molecule has 0 unspecified atom stereocenters. The first kappa shape index (κ1) is 12.9. The normalized spacial score (nSPS) is 10.8. The fourth-order valence-electron chi connectivity index (χ4n) is 1.70. The summed E-state index contributed by atoms with van der Waals surface area (Å²) in [7, 11) is 0. The molecule has 4 nitrogen and oxygen atoms in total. The quantitative estimate of drug-likeness (QED) is 0.299. The van der Waals surface area contributed by atoms with E-state index in [1.54, 1.807) is 35.2 Å². The number of oxime groups is 1. The van der Waals surface area contributed by atoms with Crippen LogP contribution in [-0.4, -0.2) is 17.2 Å². The van der Waals surface area contributed by atoms with Crippen molar-refractivity contribution in [2.75, 3.05) is 0 Å². The topological polar surface area (TPSA) is 53.5 Å². The summed E-state index contributed by atoms with van der Waals surface area (Å²) in [6.07, 6.45) is 4.64. The van der Waals surface area contributed by atoms with Crippen LogP contribution in [0, 0.1) is 5.82 Å². The summed E-state index contributed by atoms with van der Waals surface area (Å²) in [6.45, 7) is 0.0938. The molecule has 1 heterocycles. The van der Waals surface area contributed by atoms with Crippen LogP contribution in [-0.2, 0) is 6.54 Å². The van der Waals surface area contributed by atoms with Crippen LogP contribution < -0.4 is 4.57 Å². The van der Waals surface area contributed by atoms with E-state index in [1.807, 2.05) is 0 Å². The number of benzene rings is 1. The summed E-state index contributed by atoms with van der Waals surface area (Å²) in [5, 5.41) is 11.4. The lowest BCUT2D eigenvalue weighted by Crippen LogP contribution is -2.37. The summed E-state index contributed by atoms with van der Waals surface area (Å²) in [4.78, 5) is 12.0. The van der Waals surface area contributed by atoms with Crippen LogP contribution in [0.15, 0.2) is 53.9 Å². The van der Waals surface area contributed by atoms with Crippen LogP contribution in [0.4, 0.5) is 4.39 Å². The van der Waals surface area contributed by atoms with Crippen molar-refractivity contribution in [3.8, 4) is 0 Å². The molecule has 0 atom stereocenters. The number of ketones is 1. The first-order chi connectivity index (χ1) is 9.19. The molecular formula is C14H12FN2O2+. The molecule has 0 saturated carbocycles. The number of carbonyl (C=O) groups is 1. The maximum Gasteiger partial charge on any atom is 0.227 e. The number of carbonyl (C=O) groups excluding carboxylic acids is 1. The predicted molar refractivity (Wildman–Crippen MR) is 66.7 cm³/mol. The van der Waals surface area contributed by atoms with E-state index < -0.39 is 5.82 Å². The van der Waals surface area contributed by atoms with Crippen molar-refractivity contribution in [1.29, 1.82) is 0 Å². The first-order valence-electron chi connectivity index (χ1n) is 5.64. The number of halogens is 1. The molecule has 0 amide bonds. The van der Waals surface area contributed by atoms with Crippen molar-refractivity contribution in [3.63, 3.8) is 0 Å². The van der Waals surface area contributed by atoms with Crippen LogP contribution in [0.3, 0.4) is 0 Å². The van der Waals surface area contributed by atoms with Crippen molar-refractivity contribution < 1.29 is 19.0 Å². The zero-order valence-corrected chi connectivity index (χ0v) is 10.0. The molecule has 1 N–H and O–H groups in total. The van der Waals surface area contributed by atoms with Gasteiger partial charge in [0.05, 0.1) is 11.8 Å². The van der Waals surface area contributed by atoms with Gasteiger partial charge in [-0.3, -0.25) is 4.79 Å². The highest BCUT2D eigenvalue weighted by Crippen LogP contribution is 2.04. The van der Waals surface area contributed by atoms with Gasteiger partial charge in [-0.15, -0.1) is 0 Å². The van der Waals surface area contributed by atoms with Crippen LogP contribution in [0.25, 0.3) is 0 Å². The van der Waals surface area contributed by atoms with Gasteiger partial charge in [0.1, 0.15) is 5.82 Å². The van der Waals surface area contributed by atoms with E-state index in [9.17, 15) is 9.18 Å². The summed E-state index contributed by atoms with van der Waals surface area (Å²) in [6, 6.07) is 9.05. The van der Waals surface area contributed by atoms with Gasteiger partial charge in [-0.2, -0.15) is 4.57 Å². The van der Waals surface area contributed by atoms with Crippen LogP contribution >= 0.6 is 0 Å². The Morgan fingerprint density at radius 2 is 2.21 bits per heavy atom. The van der Waals surface area contributed by atoms with Gasteiger partial charge in [0, 0.05) is 11.6 Å². The van der Waals surface area contributed by atoms with Crippen molar-refractivity contribution in [3.05, 3.63) is 65.7 Å². The van der Waals surface area contributed by atoms with E-state index >= 15 is 0 Å². The van der Waals surface area contributed by atoms with Crippen molar-refractivity contribution in [1.82, 2.24) is 0 Å². The van der Waals surface area contributed by atoms with E-state index in [1.165, 1.54) is 24.4 Å². The number of rotatable bonds is 4. The second kappa shape index (κ2) is 5.86. The van der Waals surface area contributed by atoms with E-state index in [0.717, 1.165) is 0 Å². The number of hydrogen-bond acceptors (Lipinski definition) is 3. The lowest BCUT2D eigenvalue weighted by molar-refractivity contribution is -0.683. The maximum absolute atomic E-state index is 13.0. The maximum atomic E-state index is 13.0. The van der Waals surface area contributed by atoms with Crippen molar-refractivity contribution >= 4 is 12.0 Å². The highest BCUT2D eigenvalue weighted by molar-refractivity contribution is 5.95. The summed E-state index contributed by atoms with van der Waals surface area (Å²) >= 11 is 0. The second-order valence-corrected chi connectivity index (χ2v) is 3.99. The Hall–Kier alpha value is -2.56. The molecule has 0 aliphatic carbocycles. The number of nitrogens with zero attached hydrogens (tertiary/aromatic N) is 2. The molecule has 19 heavy (non-hydrogen) atoms. The third-order valence-electron chi connectivity index (χ3n) is 2.56. The van der Waals surface area contributed by atoms with Crippen LogP contribution in [0.2, 0.25) is 0 Å². The Morgan fingerprint density at radius 1 is 1.37 bits per heavy atom. The monoisotopic (exact) mass is 259 g/mol. The minimum atomic E-state index is -0.433. The average Bonchev–Trinajstić information content (AvgIpc) is 2.39. The van der Waals surface area contributed by atoms with Gasteiger partial charge in [0.25, 0.3) is 0 Å². The third-order valence-corrected chi connectivity index (χ3v) is 2.56. The number of pyridine rings is 1. The summed E-state index contributed by atoms with van der Waals surface area (Å²) in [5.74, 6) is -0.625. The highest BCUT2D eigenvalue weighted by atomic mass is 19.1. The molecule has 0 bridgehead atoms. The minimum Gasteiger partial charge on any atom is -0.411 e. The minimum absolute atomic E-state index is 0.0938. The Kier molecular flexibility index (Phi) is 3.97. The largest absolute Gasteiger partial charge is 0.411 e. The third kappa shape index (κ3) is 3.45. The highest BCUT2D eigenvalue weighted by Gasteiger charge is 2.12. The Morgan fingerprint density at radius 3 is 2.95 bits per heavy atom. The number of aromatic nitrogens is 1. The van der Waals surface area contributed by atoms with Gasteiger partial charge >= 0.3 is 0 Å². The van der Waals surface area contributed by atoms with E-state index in [2.05, 4.69) is 5.16 Å². The Bertz CT molecular complexity index is 626. The zero-order valence-electron chi connectivity index (χ0n) is 10.0. The zero-order chi connectivity index (χ0) is 13.7. The van der Waals surface area contributed by atoms with Gasteiger partial charge < -0.3 is 5.21 Å². The molecule has 1 aromatic carbocycles. The molecule has 2 aromatic rings. The fraction of sp³-hybridized carbons (Fsp3) is 0.0714. The Balaban J connectivity index is 2.17. The van der Waals surface area contributed by atoms with E-state index in [-0.39, 0.29) is 12.3 Å². The molecule has 2 rings (SSSR count). The molecule has 5 heteroatoms. The van der Waals surface area contributed by atoms with Gasteiger partial charge in [-0.25, -0.2) is 4.39 Å². The molecular weight excluding hydrogens is 247 g/mol. The van der Waals surface area contributed by atoms with Crippen molar-refractivity contribution in [2.45, 2.75) is 6.54 Å². The molecule has 0 fully saturated rings. The Labute approximate surface area is 109 Å². The molecule has 0 saturated heterocycles. The smallest absolute Gasteiger partial charge is 0.227 e. The van der Waals surface area contributed by atoms with Crippen LogP contribution in [0.5, 0.6) is 0 Å². The van der Waals surface area contributed by atoms with Gasteiger partial charge in [0.2, 0.25) is 12.3 Å². The summed E-state index contributed by atoms with van der Waals surface area (Å²) < 4.78 is 14.7. The average molecular weight is 259 g/mol. The molecule has 0 radical (unpaired) electrons. The standard InChI is InChI=1S/C14H11FN2O2/c15-13-5-1-4-12(7-13)14(18)10-17-6-2-3-11(9-17)8-16-19/h1-9H,10H2/p+1. The second-order valence-electron chi connectivity index (χ2n) is 3.99. The molecule has 0 aliphatic rings. The molecule has 96 valence electrons. The first-order valence-corrected chi connectivity index (χ1v) is 5.64. The van der Waals surface area contributed by atoms with E-state index in [4.69, 9.17) is 5.21 Å². The van der Waals surface area contributed by atoms with Gasteiger partial charge in [-0.05, 0) is 18.2 Å². The number of hydrogen-bond donors (Lipinski definition) is 1. The lowest BCUT2D eigenvalue weighted by Gasteiger charge is -1.99.